The number of aliphatic imine (C=N–C) groups is 1. The van der Waals surface area contributed by atoms with Crippen molar-refractivity contribution in [3.8, 4) is 0 Å². The summed E-state index contributed by atoms with van der Waals surface area (Å²) >= 11 is 0. The molecule has 0 aliphatic rings. The quantitative estimate of drug-likeness (QED) is 0.318. The molecule has 0 saturated carbocycles. The molecule has 0 atom stereocenters. The van der Waals surface area contributed by atoms with Crippen molar-refractivity contribution < 1.29 is 4.74 Å². The highest BCUT2D eigenvalue weighted by Crippen LogP contribution is 1.79. The number of allylic oxidation sites excluding steroid dienone is 2. The lowest BCUT2D eigenvalue weighted by Gasteiger charge is -1.87. The molecule has 0 spiro atoms. The molecule has 2 nitrogen and oxygen atoms in total. The van der Waals surface area contributed by atoms with Crippen LogP contribution in [-0.2, 0) is 4.74 Å². The summed E-state index contributed by atoms with van der Waals surface area (Å²) in [5.74, 6) is 0. The van der Waals surface area contributed by atoms with Crippen molar-refractivity contribution in [2.45, 2.75) is 6.92 Å². The summed E-state index contributed by atoms with van der Waals surface area (Å²) in [5, 5.41) is 0. The van der Waals surface area contributed by atoms with Gasteiger partial charge in [0.25, 0.3) is 0 Å². The lowest BCUT2D eigenvalue weighted by Crippen LogP contribution is -1.74. The maximum Gasteiger partial charge on any atom is 0.0845 e. The molecule has 0 heterocycles. The minimum Gasteiger partial charge on any atom is -0.501 e. The topological polar surface area (TPSA) is 21.6 Å². The Kier molecular flexibility index (Phi) is 6.14. The molecule has 0 N–H and O–H groups in total. The SMILES string of the molecule is C=N/C=C\C=C\OCC. The fourth-order valence-corrected chi connectivity index (χ4v) is 0.308. The van der Waals surface area contributed by atoms with E-state index in [0.29, 0.717) is 6.61 Å². The van der Waals surface area contributed by atoms with Crippen LogP contribution in [0.25, 0.3) is 0 Å². The Morgan fingerprint density at radius 3 is 2.89 bits per heavy atom. The molecule has 0 aromatic carbocycles. The first-order valence-electron chi connectivity index (χ1n) is 2.81. The molecule has 0 aromatic rings. The Bertz CT molecular complexity index is 116. The molecule has 0 aromatic heterocycles. The van der Waals surface area contributed by atoms with Crippen LogP contribution in [0, 0.1) is 0 Å². The molecular formula is C7H11NO. The lowest BCUT2D eigenvalue weighted by molar-refractivity contribution is 0.269. The standard InChI is InChI=1S/C7H11NO/c1-3-9-7-5-4-6-8-2/h4-7H,2-3H2,1H3/b6-4-,7-5+. The Labute approximate surface area is 55.6 Å². The van der Waals surface area contributed by atoms with Gasteiger partial charge in [-0.1, -0.05) is 0 Å². The van der Waals surface area contributed by atoms with Crippen molar-refractivity contribution in [3.63, 3.8) is 0 Å². The second-order valence-electron chi connectivity index (χ2n) is 1.31. The van der Waals surface area contributed by atoms with Crippen LogP contribution in [-0.4, -0.2) is 13.3 Å². The Morgan fingerprint density at radius 2 is 2.33 bits per heavy atom. The molecule has 0 aliphatic carbocycles. The highest BCUT2D eigenvalue weighted by Gasteiger charge is 1.64. The first kappa shape index (κ1) is 7.95. The first-order valence-corrected chi connectivity index (χ1v) is 2.81. The number of rotatable bonds is 4. The van der Waals surface area contributed by atoms with E-state index in [1.54, 1.807) is 24.6 Å². The second kappa shape index (κ2) is 6.95. The number of ether oxygens (including phenoxy) is 1. The average Bonchev–Trinajstić information content (AvgIpc) is 1.89. The van der Waals surface area contributed by atoms with Gasteiger partial charge in [0.15, 0.2) is 0 Å². The van der Waals surface area contributed by atoms with Gasteiger partial charge in [-0.3, -0.25) is 4.99 Å². The molecule has 0 unspecified atom stereocenters. The van der Waals surface area contributed by atoms with Crippen LogP contribution in [0.3, 0.4) is 0 Å². The van der Waals surface area contributed by atoms with Gasteiger partial charge in [0.2, 0.25) is 0 Å². The van der Waals surface area contributed by atoms with Crippen LogP contribution in [0.2, 0.25) is 0 Å². The number of nitrogens with zero attached hydrogens (tertiary/aromatic N) is 1. The van der Waals surface area contributed by atoms with E-state index < -0.39 is 0 Å². The Hall–Kier alpha value is -1.05. The summed E-state index contributed by atoms with van der Waals surface area (Å²) in [7, 11) is 0. The maximum absolute atomic E-state index is 4.89. The van der Waals surface area contributed by atoms with E-state index in [1.165, 1.54) is 0 Å². The van der Waals surface area contributed by atoms with Gasteiger partial charge in [-0.05, 0) is 25.8 Å². The first-order chi connectivity index (χ1) is 4.41. The minimum atomic E-state index is 0.700. The monoisotopic (exact) mass is 125 g/mol. The molecular weight excluding hydrogens is 114 g/mol. The van der Waals surface area contributed by atoms with Gasteiger partial charge in [-0.2, -0.15) is 0 Å². The van der Waals surface area contributed by atoms with Crippen LogP contribution in [0.5, 0.6) is 0 Å². The van der Waals surface area contributed by atoms with E-state index in [-0.39, 0.29) is 0 Å². The normalized spacial score (nSPS) is 10.8. The van der Waals surface area contributed by atoms with Crippen molar-refractivity contribution >= 4 is 6.72 Å². The smallest absolute Gasteiger partial charge is 0.0845 e. The van der Waals surface area contributed by atoms with Gasteiger partial charge in [0.05, 0.1) is 12.9 Å². The van der Waals surface area contributed by atoms with Crippen LogP contribution in [0.15, 0.2) is 29.6 Å². The summed E-state index contributed by atoms with van der Waals surface area (Å²) < 4.78 is 4.89. The van der Waals surface area contributed by atoms with E-state index in [9.17, 15) is 0 Å². The summed E-state index contributed by atoms with van der Waals surface area (Å²) in [5.41, 5.74) is 0. The van der Waals surface area contributed by atoms with Gasteiger partial charge in [-0.15, -0.1) is 0 Å². The zero-order chi connectivity index (χ0) is 6.95. The third kappa shape index (κ3) is 6.95. The van der Waals surface area contributed by atoms with Crippen molar-refractivity contribution in [1.29, 1.82) is 0 Å². The van der Waals surface area contributed by atoms with E-state index >= 15 is 0 Å². The highest BCUT2D eigenvalue weighted by molar-refractivity contribution is 5.26. The Balaban J connectivity index is 3.23. The molecule has 2 heteroatoms. The fraction of sp³-hybridized carbons (Fsp3) is 0.286. The van der Waals surface area contributed by atoms with E-state index in [1.807, 2.05) is 6.92 Å². The lowest BCUT2D eigenvalue weighted by atomic mass is 10.6. The van der Waals surface area contributed by atoms with Gasteiger partial charge >= 0.3 is 0 Å². The molecule has 0 amide bonds. The van der Waals surface area contributed by atoms with Crippen molar-refractivity contribution in [1.82, 2.24) is 0 Å². The zero-order valence-electron chi connectivity index (χ0n) is 5.58. The predicted molar refractivity (Wildman–Crippen MR) is 39.5 cm³/mol. The third-order valence-electron chi connectivity index (χ3n) is 0.644. The molecule has 0 bridgehead atoms. The van der Waals surface area contributed by atoms with Crippen LogP contribution in [0.4, 0.5) is 0 Å². The van der Waals surface area contributed by atoms with Gasteiger partial charge in [0, 0.05) is 6.20 Å². The predicted octanol–water partition coefficient (Wildman–Crippen LogP) is 1.75. The fourth-order valence-electron chi connectivity index (χ4n) is 0.308. The van der Waals surface area contributed by atoms with Crippen LogP contribution in [0.1, 0.15) is 6.92 Å². The van der Waals surface area contributed by atoms with Gasteiger partial charge < -0.3 is 4.74 Å². The van der Waals surface area contributed by atoms with Crippen molar-refractivity contribution in [3.05, 3.63) is 24.6 Å². The molecule has 0 fully saturated rings. The molecule has 0 radical (unpaired) electrons. The summed E-state index contributed by atoms with van der Waals surface area (Å²) in [6.45, 7) is 5.90. The Morgan fingerprint density at radius 1 is 1.56 bits per heavy atom. The summed E-state index contributed by atoms with van der Waals surface area (Å²) in [4.78, 5) is 3.50. The highest BCUT2D eigenvalue weighted by atomic mass is 16.5. The van der Waals surface area contributed by atoms with Gasteiger partial charge in [0.1, 0.15) is 0 Å². The summed E-state index contributed by atoms with van der Waals surface area (Å²) in [6, 6.07) is 0. The molecule has 50 valence electrons. The molecule has 0 rings (SSSR count). The number of hydrogen-bond donors (Lipinski definition) is 0. The molecule has 0 saturated heterocycles. The van der Waals surface area contributed by atoms with Crippen LogP contribution >= 0.6 is 0 Å². The molecule has 0 aliphatic heterocycles. The van der Waals surface area contributed by atoms with E-state index in [2.05, 4.69) is 11.7 Å². The summed E-state index contributed by atoms with van der Waals surface area (Å²) in [6.07, 6.45) is 6.72. The van der Waals surface area contributed by atoms with E-state index in [0.717, 1.165) is 0 Å². The third-order valence-corrected chi connectivity index (χ3v) is 0.644. The molecule has 9 heavy (non-hydrogen) atoms. The zero-order valence-corrected chi connectivity index (χ0v) is 5.58. The minimum absolute atomic E-state index is 0.700. The largest absolute Gasteiger partial charge is 0.501 e. The van der Waals surface area contributed by atoms with E-state index in [4.69, 9.17) is 4.74 Å². The van der Waals surface area contributed by atoms with Gasteiger partial charge in [-0.25, -0.2) is 0 Å². The maximum atomic E-state index is 4.89. The average molecular weight is 125 g/mol. The number of hydrogen-bond acceptors (Lipinski definition) is 2. The van der Waals surface area contributed by atoms with Crippen LogP contribution < -0.4 is 0 Å². The van der Waals surface area contributed by atoms with Crippen molar-refractivity contribution in [2.24, 2.45) is 4.99 Å². The van der Waals surface area contributed by atoms with Crippen molar-refractivity contribution in [2.75, 3.05) is 6.61 Å². The second-order valence-corrected chi connectivity index (χ2v) is 1.31.